The van der Waals surface area contributed by atoms with E-state index in [1.54, 1.807) is 30.3 Å². The Hall–Kier alpha value is -2.17. The second kappa shape index (κ2) is 12.1. The summed E-state index contributed by atoms with van der Waals surface area (Å²) in [6, 6.07) is 10.7. The van der Waals surface area contributed by atoms with Crippen molar-refractivity contribution in [1.82, 2.24) is 19.4 Å². The van der Waals surface area contributed by atoms with Gasteiger partial charge in [-0.1, -0.05) is 35.3 Å². The van der Waals surface area contributed by atoms with Gasteiger partial charge < -0.3 is 14.7 Å². The molecule has 3 saturated heterocycles. The van der Waals surface area contributed by atoms with Crippen molar-refractivity contribution in [2.45, 2.75) is 55.5 Å². The third-order valence-corrected chi connectivity index (χ3v) is 9.77. The zero-order valence-corrected chi connectivity index (χ0v) is 24.1. The van der Waals surface area contributed by atoms with E-state index in [9.17, 15) is 18.0 Å². The van der Waals surface area contributed by atoms with Crippen LogP contribution < -0.4 is 4.72 Å². The highest BCUT2D eigenvalue weighted by atomic mass is 35.5. The van der Waals surface area contributed by atoms with Gasteiger partial charge in [0.1, 0.15) is 6.04 Å². The fraction of sp³-hybridized carbons (Fsp3) is 0.500. The predicted molar refractivity (Wildman–Crippen MR) is 152 cm³/mol. The number of hydrogen-bond acceptors (Lipinski definition) is 5. The first kappa shape index (κ1) is 28.4. The molecule has 0 spiro atoms. The van der Waals surface area contributed by atoms with Gasteiger partial charge in [0.25, 0.3) is 0 Å². The molecule has 3 aliphatic heterocycles. The smallest absolute Gasteiger partial charge is 0.242 e. The number of benzene rings is 2. The van der Waals surface area contributed by atoms with Crippen molar-refractivity contribution in [3.05, 3.63) is 52.5 Å². The lowest BCUT2D eigenvalue weighted by Crippen LogP contribution is -2.55. The van der Waals surface area contributed by atoms with Crippen molar-refractivity contribution in [3.8, 4) is 11.1 Å². The molecule has 0 unspecified atom stereocenters. The summed E-state index contributed by atoms with van der Waals surface area (Å²) in [6.07, 6.45) is 5.37. The highest BCUT2D eigenvalue weighted by Crippen LogP contribution is 2.29. The molecule has 3 aliphatic rings. The molecule has 0 aliphatic carbocycles. The third kappa shape index (κ3) is 6.77. The van der Waals surface area contributed by atoms with Gasteiger partial charge in [-0.2, -0.15) is 4.72 Å². The lowest BCUT2D eigenvalue weighted by Gasteiger charge is -2.34. The molecule has 11 heteroatoms. The van der Waals surface area contributed by atoms with Crippen LogP contribution in [0.2, 0.25) is 10.0 Å². The second-order valence-electron chi connectivity index (χ2n) is 10.7. The molecular weight excluding hydrogens is 559 g/mol. The molecule has 5 rings (SSSR count). The largest absolute Gasteiger partial charge is 0.337 e. The topological polar surface area (TPSA) is 90.0 Å². The van der Waals surface area contributed by atoms with Gasteiger partial charge in [0, 0.05) is 35.7 Å². The van der Waals surface area contributed by atoms with Crippen molar-refractivity contribution in [1.29, 1.82) is 0 Å². The van der Waals surface area contributed by atoms with E-state index in [0.717, 1.165) is 32.5 Å². The van der Waals surface area contributed by atoms with Crippen LogP contribution in [0.3, 0.4) is 0 Å². The third-order valence-electron chi connectivity index (χ3n) is 7.86. The van der Waals surface area contributed by atoms with Gasteiger partial charge >= 0.3 is 0 Å². The Bertz CT molecular complexity index is 1310. The first-order valence-corrected chi connectivity index (χ1v) is 15.8. The number of nitrogens with zero attached hydrogens (tertiary/aromatic N) is 3. The maximum Gasteiger partial charge on any atom is 0.242 e. The quantitative estimate of drug-likeness (QED) is 0.500. The van der Waals surface area contributed by atoms with E-state index >= 15 is 0 Å². The fourth-order valence-electron chi connectivity index (χ4n) is 5.90. The van der Waals surface area contributed by atoms with Crippen molar-refractivity contribution < 1.29 is 18.0 Å². The summed E-state index contributed by atoms with van der Waals surface area (Å²) < 4.78 is 29.2. The number of hydrogen-bond donors (Lipinski definition) is 1. The molecule has 2 aromatic carbocycles. The highest BCUT2D eigenvalue weighted by Gasteiger charge is 2.36. The normalized spacial score (nSPS) is 22.6. The zero-order chi connectivity index (χ0) is 27.6. The molecule has 1 N–H and O–H groups in total. The van der Waals surface area contributed by atoms with E-state index in [0.29, 0.717) is 47.1 Å². The van der Waals surface area contributed by atoms with Gasteiger partial charge in [0.2, 0.25) is 21.8 Å². The standard InChI is InChI=1S/C28H34Cl2N4O4S/c29-22-14-21(15-23(30)17-22)20-6-3-8-25(16-20)39(37,38)31-26-9-5-12-33(28(26)36)19-27(35)34-13-4-7-24(34)18-32-10-1-2-11-32/h3,6,8,14-17,24,26,31H,1-2,4-5,7,9-13,18-19H2/t24-,26-/m0/s1. The summed E-state index contributed by atoms with van der Waals surface area (Å²) in [5.74, 6) is -0.410. The van der Waals surface area contributed by atoms with Crippen LogP contribution in [0, 0.1) is 0 Å². The van der Waals surface area contributed by atoms with Crippen LogP contribution in [0.4, 0.5) is 0 Å². The van der Waals surface area contributed by atoms with Crippen LogP contribution in [-0.2, 0) is 19.6 Å². The Morgan fingerprint density at radius 3 is 2.36 bits per heavy atom. The van der Waals surface area contributed by atoms with Gasteiger partial charge in [-0.05, 0) is 93.1 Å². The minimum Gasteiger partial charge on any atom is -0.337 e. The SMILES string of the molecule is O=C1[C@@H](NS(=O)(=O)c2cccc(-c3cc(Cl)cc(Cl)c3)c2)CCCN1CC(=O)N1CCC[C@H]1CN1CCCC1. The van der Waals surface area contributed by atoms with Crippen molar-refractivity contribution in [3.63, 3.8) is 0 Å². The highest BCUT2D eigenvalue weighted by molar-refractivity contribution is 7.89. The number of halogens is 2. The van der Waals surface area contributed by atoms with Crippen LogP contribution in [0.25, 0.3) is 11.1 Å². The molecule has 39 heavy (non-hydrogen) atoms. The average Bonchev–Trinajstić information content (AvgIpc) is 3.58. The molecule has 0 aromatic heterocycles. The Balaban J connectivity index is 1.24. The predicted octanol–water partition coefficient (Wildman–Crippen LogP) is 4.02. The van der Waals surface area contributed by atoms with Gasteiger partial charge in [-0.15, -0.1) is 0 Å². The first-order chi connectivity index (χ1) is 18.7. The van der Waals surface area contributed by atoms with Crippen LogP contribution in [0.15, 0.2) is 47.4 Å². The molecule has 2 amide bonds. The fourth-order valence-corrected chi connectivity index (χ4v) is 7.69. The number of sulfonamides is 1. The summed E-state index contributed by atoms with van der Waals surface area (Å²) in [7, 11) is -4.00. The lowest BCUT2D eigenvalue weighted by atomic mass is 10.1. The van der Waals surface area contributed by atoms with Crippen molar-refractivity contribution in [2.24, 2.45) is 0 Å². The monoisotopic (exact) mass is 592 g/mol. The zero-order valence-electron chi connectivity index (χ0n) is 21.8. The van der Waals surface area contributed by atoms with E-state index in [1.807, 2.05) is 4.90 Å². The van der Waals surface area contributed by atoms with Gasteiger partial charge in [-0.3, -0.25) is 9.59 Å². The van der Waals surface area contributed by atoms with Gasteiger partial charge in [0.05, 0.1) is 11.4 Å². The number of likely N-dealkylation sites (tertiary alicyclic amines) is 3. The number of amides is 2. The van der Waals surface area contributed by atoms with Crippen LogP contribution >= 0.6 is 23.2 Å². The minimum absolute atomic E-state index is 0.0153. The van der Waals surface area contributed by atoms with E-state index in [2.05, 4.69) is 9.62 Å². The summed E-state index contributed by atoms with van der Waals surface area (Å²) in [4.78, 5) is 32.4. The van der Waals surface area contributed by atoms with Gasteiger partial charge in [-0.25, -0.2) is 8.42 Å². The molecule has 3 fully saturated rings. The first-order valence-electron chi connectivity index (χ1n) is 13.6. The second-order valence-corrected chi connectivity index (χ2v) is 13.2. The van der Waals surface area contributed by atoms with Crippen molar-refractivity contribution in [2.75, 3.05) is 39.3 Å². The van der Waals surface area contributed by atoms with E-state index in [1.165, 1.54) is 29.9 Å². The molecule has 2 aromatic rings. The summed E-state index contributed by atoms with van der Waals surface area (Å²) in [6.45, 7) is 4.20. The molecule has 0 radical (unpaired) electrons. The number of rotatable bonds is 8. The Labute approximate surface area is 240 Å². The maximum atomic E-state index is 13.3. The molecule has 0 bridgehead atoms. The molecule has 2 atom stereocenters. The maximum absolute atomic E-state index is 13.3. The number of piperidine rings is 1. The van der Waals surface area contributed by atoms with E-state index in [4.69, 9.17) is 23.2 Å². The average molecular weight is 594 g/mol. The summed E-state index contributed by atoms with van der Waals surface area (Å²) in [5, 5.41) is 0.894. The summed E-state index contributed by atoms with van der Waals surface area (Å²) in [5.41, 5.74) is 1.33. The molecule has 0 saturated carbocycles. The number of carbonyl (C=O) groups excluding carboxylic acids is 2. The molecule has 3 heterocycles. The number of nitrogens with one attached hydrogen (secondary N) is 1. The summed E-state index contributed by atoms with van der Waals surface area (Å²) >= 11 is 12.3. The Morgan fingerprint density at radius 1 is 0.897 bits per heavy atom. The molecular formula is C28H34Cl2N4O4S. The minimum atomic E-state index is -4.00. The van der Waals surface area contributed by atoms with E-state index in [-0.39, 0.29) is 29.3 Å². The molecule has 8 nitrogen and oxygen atoms in total. The Morgan fingerprint density at radius 2 is 1.62 bits per heavy atom. The van der Waals surface area contributed by atoms with E-state index < -0.39 is 16.1 Å². The van der Waals surface area contributed by atoms with Crippen LogP contribution in [-0.4, -0.2) is 86.3 Å². The number of carbonyl (C=O) groups is 2. The van der Waals surface area contributed by atoms with Crippen LogP contribution in [0.1, 0.15) is 38.5 Å². The Kier molecular flexibility index (Phi) is 8.83. The van der Waals surface area contributed by atoms with Gasteiger partial charge in [0.15, 0.2) is 0 Å². The van der Waals surface area contributed by atoms with Crippen molar-refractivity contribution >= 4 is 45.0 Å². The van der Waals surface area contributed by atoms with Crippen LogP contribution in [0.5, 0.6) is 0 Å². The molecule has 210 valence electrons. The lowest BCUT2D eigenvalue weighted by molar-refractivity contribution is -0.143.